The molecule has 116 valence electrons. The quantitative estimate of drug-likeness (QED) is 0.781. The van der Waals surface area contributed by atoms with Gasteiger partial charge in [0.25, 0.3) is 0 Å². The Kier molecular flexibility index (Phi) is 6.30. The van der Waals surface area contributed by atoms with Crippen LogP contribution in [0.2, 0.25) is 0 Å². The number of carbonyl (C=O) groups excluding carboxylic acids is 1. The van der Waals surface area contributed by atoms with Crippen LogP contribution in [0.1, 0.15) is 30.5 Å². The number of rotatable bonds is 7. The van der Waals surface area contributed by atoms with E-state index in [4.69, 9.17) is 4.74 Å². The average molecular weight is 297 g/mol. The highest BCUT2D eigenvalue weighted by molar-refractivity contribution is 5.76. The van der Waals surface area contributed by atoms with Crippen molar-refractivity contribution in [2.45, 2.75) is 26.3 Å². The van der Waals surface area contributed by atoms with Gasteiger partial charge in [-0.3, -0.25) is 14.5 Å². The van der Waals surface area contributed by atoms with Crippen molar-refractivity contribution in [1.29, 1.82) is 0 Å². The molecule has 0 bridgehead atoms. The summed E-state index contributed by atoms with van der Waals surface area (Å²) in [6.45, 7) is 3.83. The molecule has 0 aliphatic carbocycles. The average Bonchev–Trinajstić information content (AvgIpc) is 2.40. The van der Waals surface area contributed by atoms with E-state index >= 15 is 0 Å². The third kappa shape index (κ3) is 4.82. The molecular weight excluding hydrogens is 277 g/mol. The molecule has 0 saturated carbocycles. The van der Waals surface area contributed by atoms with E-state index in [-0.39, 0.29) is 24.8 Å². The van der Waals surface area contributed by atoms with E-state index in [1.54, 1.807) is 20.9 Å². The molecule has 1 unspecified atom stereocenters. The van der Waals surface area contributed by atoms with Crippen LogP contribution in [0.3, 0.4) is 0 Å². The number of likely N-dealkylation sites (N-methyl/N-ethyl adjacent to an activating group) is 1. The van der Waals surface area contributed by atoms with Gasteiger partial charge < -0.3 is 9.84 Å². The molecule has 0 spiro atoms. The van der Waals surface area contributed by atoms with Gasteiger partial charge in [-0.15, -0.1) is 0 Å². The second-order valence-electron chi connectivity index (χ2n) is 4.79. The van der Waals surface area contributed by atoms with E-state index in [9.17, 15) is 19.1 Å². The van der Waals surface area contributed by atoms with Gasteiger partial charge in [-0.05, 0) is 38.1 Å². The van der Waals surface area contributed by atoms with Crippen molar-refractivity contribution >= 4 is 11.9 Å². The van der Waals surface area contributed by atoms with Crippen LogP contribution < -0.4 is 0 Å². The summed E-state index contributed by atoms with van der Waals surface area (Å²) < 4.78 is 18.1. The summed E-state index contributed by atoms with van der Waals surface area (Å²) in [6, 6.07) is 3.27. The van der Waals surface area contributed by atoms with Crippen molar-refractivity contribution in [3.8, 4) is 0 Å². The van der Waals surface area contributed by atoms with Gasteiger partial charge in [0.15, 0.2) is 0 Å². The maximum absolute atomic E-state index is 13.3. The molecule has 1 aromatic rings. The highest BCUT2D eigenvalue weighted by Gasteiger charge is 2.25. The Labute approximate surface area is 123 Å². The first-order valence-electron chi connectivity index (χ1n) is 6.71. The van der Waals surface area contributed by atoms with Crippen molar-refractivity contribution in [3.05, 3.63) is 35.1 Å². The van der Waals surface area contributed by atoms with Gasteiger partial charge in [-0.1, -0.05) is 12.1 Å². The Morgan fingerprint density at radius 3 is 2.62 bits per heavy atom. The Morgan fingerprint density at radius 1 is 1.43 bits per heavy atom. The number of carbonyl (C=O) groups is 2. The molecule has 0 radical (unpaired) electrons. The van der Waals surface area contributed by atoms with Crippen molar-refractivity contribution in [3.63, 3.8) is 0 Å². The maximum Gasteiger partial charge on any atom is 0.325 e. The number of hydrogen-bond acceptors (Lipinski definition) is 4. The smallest absolute Gasteiger partial charge is 0.325 e. The molecule has 0 saturated heterocycles. The lowest BCUT2D eigenvalue weighted by molar-refractivity contribution is -0.146. The van der Waals surface area contributed by atoms with Gasteiger partial charge in [0.1, 0.15) is 11.9 Å². The Morgan fingerprint density at radius 2 is 2.10 bits per heavy atom. The second kappa shape index (κ2) is 7.73. The molecule has 21 heavy (non-hydrogen) atoms. The Hall–Kier alpha value is -1.95. The third-order valence-electron chi connectivity index (χ3n) is 3.15. The Bertz CT molecular complexity index is 518. The van der Waals surface area contributed by atoms with Crippen LogP contribution in [-0.2, 0) is 14.3 Å². The largest absolute Gasteiger partial charge is 0.480 e. The minimum absolute atomic E-state index is 0.105. The molecule has 1 atom stereocenters. The molecule has 0 aliphatic rings. The molecule has 0 aliphatic heterocycles. The lowest BCUT2D eigenvalue weighted by Gasteiger charge is -2.24. The molecule has 5 nitrogen and oxygen atoms in total. The predicted octanol–water partition coefficient (Wildman–Crippen LogP) is 2.14. The molecule has 6 heteroatoms. The fourth-order valence-corrected chi connectivity index (χ4v) is 2.05. The molecule has 1 rings (SSSR count). The molecule has 0 fully saturated rings. The van der Waals surface area contributed by atoms with Crippen molar-refractivity contribution in [1.82, 2.24) is 4.90 Å². The molecule has 1 N–H and O–H groups in total. The summed E-state index contributed by atoms with van der Waals surface area (Å²) >= 11 is 0. The number of carboxylic acids is 1. The maximum atomic E-state index is 13.3. The molecule has 0 aromatic heterocycles. The monoisotopic (exact) mass is 297 g/mol. The summed E-state index contributed by atoms with van der Waals surface area (Å²) in [5, 5.41) is 9.37. The zero-order valence-electron chi connectivity index (χ0n) is 12.4. The van der Waals surface area contributed by atoms with E-state index in [1.165, 1.54) is 23.1 Å². The summed E-state index contributed by atoms with van der Waals surface area (Å²) in [5.41, 5.74) is 0.866. The number of aliphatic carboxylic acids is 1. The van der Waals surface area contributed by atoms with Gasteiger partial charge in [0.05, 0.1) is 13.0 Å². The molecular formula is C15H20FNO4. The van der Waals surface area contributed by atoms with Gasteiger partial charge in [0.2, 0.25) is 0 Å². The summed E-state index contributed by atoms with van der Waals surface area (Å²) in [7, 11) is 1.61. The van der Waals surface area contributed by atoms with Gasteiger partial charge in [-0.25, -0.2) is 4.39 Å². The van der Waals surface area contributed by atoms with E-state index in [0.717, 1.165) is 0 Å². The van der Waals surface area contributed by atoms with Crippen LogP contribution in [-0.4, -0.2) is 42.1 Å². The number of benzene rings is 1. The van der Waals surface area contributed by atoms with Crippen molar-refractivity contribution in [2.24, 2.45) is 0 Å². The topological polar surface area (TPSA) is 66.8 Å². The van der Waals surface area contributed by atoms with Crippen molar-refractivity contribution < 1.29 is 23.8 Å². The molecule has 1 aromatic carbocycles. The SMILES string of the molecule is CCOC(=O)CCN(C)C(C(=O)O)c1ccc(F)c(C)c1. The first kappa shape index (κ1) is 17.1. The Balaban J connectivity index is 2.83. The summed E-state index contributed by atoms with van der Waals surface area (Å²) in [4.78, 5) is 24.3. The fourth-order valence-electron chi connectivity index (χ4n) is 2.05. The van der Waals surface area contributed by atoms with Crippen LogP contribution in [0.15, 0.2) is 18.2 Å². The number of halogens is 1. The van der Waals surface area contributed by atoms with Crippen LogP contribution in [0.5, 0.6) is 0 Å². The van der Waals surface area contributed by atoms with Crippen LogP contribution in [0, 0.1) is 12.7 Å². The summed E-state index contributed by atoms with van der Waals surface area (Å²) in [6.07, 6.45) is 0.105. The number of carboxylic acid groups (broad SMARTS) is 1. The number of ether oxygens (including phenoxy) is 1. The first-order chi connectivity index (χ1) is 9.86. The highest BCUT2D eigenvalue weighted by Crippen LogP contribution is 2.22. The third-order valence-corrected chi connectivity index (χ3v) is 3.15. The van der Waals surface area contributed by atoms with Crippen LogP contribution in [0.4, 0.5) is 4.39 Å². The van der Waals surface area contributed by atoms with Crippen molar-refractivity contribution in [2.75, 3.05) is 20.2 Å². The normalized spacial score (nSPS) is 12.2. The minimum atomic E-state index is -1.05. The lowest BCUT2D eigenvalue weighted by Crippen LogP contribution is -2.32. The van der Waals surface area contributed by atoms with Gasteiger partial charge in [-0.2, -0.15) is 0 Å². The number of aryl methyl sites for hydroxylation is 1. The second-order valence-corrected chi connectivity index (χ2v) is 4.79. The number of esters is 1. The highest BCUT2D eigenvalue weighted by atomic mass is 19.1. The zero-order chi connectivity index (χ0) is 16.0. The van der Waals surface area contributed by atoms with Crippen LogP contribution in [0.25, 0.3) is 0 Å². The number of nitrogens with zero attached hydrogens (tertiary/aromatic N) is 1. The van der Waals surface area contributed by atoms with E-state index in [0.29, 0.717) is 17.7 Å². The molecule has 0 amide bonds. The van der Waals surface area contributed by atoms with Gasteiger partial charge in [0, 0.05) is 6.54 Å². The van der Waals surface area contributed by atoms with E-state index in [2.05, 4.69) is 0 Å². The number of hydrogen-bond donors (Lipinski definition) is 1. The standard InChI is InChI=1S/C15H20FNO4/c1-4-21-13(18)7-8-17(3)14(15(19)20)11-5-6-12(16)10(2)9-11/h5-6,9,14H,4,7-8H2,1-3H3,(H,19,20). The minimum Gasteiger partial charge on any atom is -0.480 e. The van der Waals surface area contributed by atoms with Gasteiger partial charge >= 0.3 is 11.9 Å². The summed E-state index contributed by atoms with van der Waals surface area (Å²) in [5.74, 6) is -1.80. The first-order valence-corrected chi connectivity index (χ1v) is 6.71. The lowest BCUT2D eigenvalue weighted by atomic mass is 10.0. The van der Waals surface area contributed by atoms with E-state index < -0.39 is 12.0 Å². The van der Waals surface area contributed by atoms with E-state index in [1.807, 2.05) is 0 Å². The van der Waals surface area contributed by atoms with Crippen LogP contribution >= 0.6 is 0 Å². The zero-order valence-corrected chi connectivity index (χ0v) is 12.4. The molecule has 0 heterocycles. The predicted molar refractivity (Wildman–Crippen MR) is 75.4 cm³/mol. The fraction of sp³-hybridized carbons (Fsp3) is 0.467.